The molecule has 1 aromatic heterocycles. The Hall–Kier alpha value is -3.03. The number of nitrogens with zero attached hydrogens (tertiary/aromatic N) is 4. The van der Waals surface area contributed by atoms with Crippen LogP contribution in [0, 0.1) is 12.3 Å². The molecule has 1 unspecified atom stereocenters. The summed E-state index contributed by atoms with van der Waals surface area (Å²) >= 11 is 0. The number of aldehydes is 1. The highest BCUT2D eigenvalue weighted by atomic mass is 16.2. The number of benzene rings is 1. The number of carbonyl (C=O) groups excluding carboxylic acids is 2. The maximum absolute atomic E-state index is 13.1. The van der Waals surface area contributed by atoms with Gasteiger partial charge in [-0.1, -0.05) is 13.8 Å². The zero-order chi connectivity index (χ0) is 21.6. The van der Waals surface area contributed by atoms with Crippen LogP contribution in [0.15, 0.2) is 18.2 Å². The second-order valence-electron chi connectivity index (χ2n) is 8.87. The maximum atomic E-state index is 13.1. The van der Waals surface area contributed by atoms with Crippen LogP contribution >= 0.6 is 0 Å². The van der Waals surface area contributed by atoms with Crippen molar-refractivity contribution in [3.63, 3.8) is 0 Å². The second-order valence-corrected chi connectivity index (χ2v) is 8.87. The van der Waals surface area contributed by atoms with Crippen molar-refractivity contribution >= 4 is 29.3 Å². The predicted octanol–water partition coefficient (Wildman–Crippen LogP) is 2.84. The topological polar surface area (TPSA) is 82.5 Å². The lowest BCUT2D eigenvalue weighted by Crippen LogP contribution is -2.52. The summed E-state index contributed by atoms with van der Waals surface area (Å²) in [6.07, 6.45) is 0.478. The van der Waals surface area contributed by atoms with Gasteiger partial charge in [0.1, 0.15) is 12.0 Å². The van der Waals surface area contributed by atoms with Crippen LogP contribution in [0.3, 0.4) is 0 Å². The molecule has 0 saturated heterocycles. The molecule has 0 saturated carbocycles. The summed E-state index contributed by atoms with van der Waals surface area (Å²) in [5, 5.41) is 10.9. The molecule has 4 rings (SSSR count). The number of carbonyl (C=O) groups is 2. The van der Waals surface area contributed by atoms with Crippen LogP contribution in [0.2, 0.25) is 0 Å². The first-order valence-electron chi connectivity index (χ1n) is 10.5. The van der Waals surface area contributed by atoms with Crippen LogP contribution in [0.1, 0.15) is 54.2 Å². The largest absolute Gasteiger partial charge is 0.369 e. The normalized spacial score (nSPS) is 19.2. The van der Waals surface area contributed by atoms with E-state index in [1.807, 2.05) is 32.0 Å². The van der Waals surface area contributed by atoms with Gasteiger partial charge in [0.2, 0.25) is 0 Å². The van der Waals surface area contributed by atoms with Gasteiger partial charge in [-0.2, -0.15) is 5.10 Å². The molecule has 8 heteroatoms. The smallest absolute Gasteiger partial charge is 0.272 e. The molecule has 2 N–H and O–H groups in total. The summed E-state index contributed by atoms with van der Waals surface area (Å²) in [7, 11) is 0. The highest BCUT2D eigenvalue weighted by Crippen LogP contribution is 2.47. The van der Waals surface area contributed by atoms with Crippen molar-refractivity contribution in [3.05, 3.63) is 35.2 Å². The Kier molecular flexibility index (Phi) is 4.95. The van der Waals surface area contributed by atoms with Crippen LogP contribution in [0.4, 0.5) is 17.1 Å². The van der Waals surface area contributed by atoms with E-state index in [2.05, 4.69) is 46.3 Å². The Balaban J connectivity index is 1.72. The molecule has 0 radical (unpaired) electrons. The van der Waals surface area contributed by atoms with Crippen molar-refractivity contribution in [2.75, 3.05) is 34.8 Å². The molecule has 160 valence electrons. The van der Waals surface area contributed by atoms with Gasteiger partial charge in [-0.3, -0.25) is 14.3 Å². The van der Waals surface area contributed by atoms with Crippen molar-refractivity contribution in [1.29, 1.82) is 0 Å². The van der Waals surface area contributed by atoms with Crippen LogP contribution < -0.4 is 20.4 Å². The predicted molar refractivity (Wildman–Crippen MR) is 118 cm³/mol. The van der Waals surface area contributed by atoms with Gasteiger partial charge in [-0.15, -0.1) is 0 Å². The Morgan fingerprint density at radius 2 is 2.03 bits per heavy atom. The van der Waals surface area contributed by atoms with Crippen molar-refractivity contribution in [2.45, 2.75) is 47.5 Å². The molecule has 1 atom stereocenters. The number of aromatic nitrogens is 2. The zero-order valence-electron chi connectivity index (χ0n) is 18.3. The SMILES string of the molecule is CCN1CC(C)(C)CN2c3c(cc(C=O)cc31)NC2NC(=O)c1cc(C)nn1CC. The highest BCUT2D eigenvalue weighted by molar-refractivity contribution is 5.97. The second kappa shape index (κ2) is 7.34. The quantitative estimate of drug-likeness (QED) is 0.738. The van der Waals surface area contributed by atoms with E-state index >= 15 is 0 Å². The minimum atomic E-state index is -0.398. The molecule has 0 fully saturated rings. The van der Waals surface area contributed by atoms with Crippen molar-refractivity contribution in [2.24, 2.45) is 5.41 Å². The fourth-order valence-corrected chi connectivity index (χ4v) is 4.56. The fourth-order valence-electron chi connectivity index (χ4n) is 4.56. The summed E-state index contributed by atoms with van der Waals surface area (Å²) in [5.74, 6) is -0.172. The summed E-state index contributed by atoms with van der Waals surface area (Å²) in [6.45, 7) is 13.6. The van der Waals surface area contributed by atoms with Gasteiger partial charge < -0.3 is 20.4 Å². The van der Waals surface area contributed by atoms with Crippen molar-refractivity contribution in [3.8, 4) is 0 Å². The molecule has 2 aromatic rings. The first kappa shape index (κ1) is 20.3. The lowest BCUT2D eigenvalue weighted by Gasteiger charge is -2.34. The molecule has 0 aliphatic carbocycles. The Morgan fingerprint density at radius 1 is 1.27 bits per heavy atom. The van der Waals surface area contributed by atoms with Gasteiger partial charge in [0, 0.05) is 31.7 Å². The van der Waals surface area contributed by atoms with Gasteiger partial charge in [0.25, 0.3) is 5.91 Å². The Morgan fingerprint density at radius 3 is 2.70 bits per heavy atom. The zero-order valence-corrected chi connectivity index (χ0v) is 18.3. The van der Waals surface area contributed by atoms with E-state index in [4.69, 9.17) is 0 Å². The minimum Gasteiger partial charge on any atom is -0.369 e. The van der Waals surface area contributed by atoms with Gasteiger partial charge in [-0.25, -0.2) is 0 Å². The van der Waals surface area contributed by atoms with Crippen LogP contribution in [0.25, 0.3) is 0 Å². The Labute approximate surface area is 177 Å². The third-order valence-electron chi connectivity index (χ3n) is 5.78. The number of hydrogen-bond donors (Lipinski definition) is 2. The van der Waals surface area contributed by atoms with E-state index in [9.17, 15) is 9.59 Å². The van der Waals surface area contributed by atoms with E-state index in [0.717, 1.165) is 48.7 Å². The van der Waals surface area contributed by atoms with E-state index < -0.39 is 6.29 Å². The number of amides is 1. The number of rotatable bonds is 5. The molecule has 2 aliphatic heterocycles. The lowest BCUT2D eigenvalue weighted by molar-refractivity contribution is 0.0929. The molecular weight excluding hydrogens is 380 g/mol. The number of aryl methyl sites for hydroxylation is 2. The summed E-state index contributed by atoms with van der Waals surface area (Å²) < 4.78 is 1.72. The average molecular weight is 411 g/mol. The number of anilines is 3. The molecule has 0 bridgehead atoms. The van der Waals surface area contributed by atoms with E-state index in [-0.39, 0.29) is 11.3 Å². The minimum absolute atomic E-state index is 0.00950. The molecule has 2 aliphatic rings. The summed E-state index contributed by atoms with van der Waals surface area (Å²) in [6, 6.07) is 5.62. The molecule has 8 nitrogen and oxygen atoms in total. The van der Waals surface area contributed by atoms with Gasteiger partial charge in [0.15, 0.2) is 6.29 Å². The molecule has 3 heterocycles. The molecular formula is C22H30N6O2. The standard InChI is InChI=1S/C22H30N6O2/c1-6-26-12-22(4,5)13-27-19-16(9-15(11-29)10-17(19)26)23-21(27)24-20(30)18-8-14(3)25-28(18)7-2/h8-11,21,23H,6-7,12-13H2,1-5H3,(H,24,30). The molecule has 0 spiro atoms. The third kappa shape index (κ3) is 3.40. The average Bonchev–Trinajstić information content (AvgIpc) is 3.21. The van der Waals surface area contributed by atoms with Gasteiger partial charge in [0.05, 0.1) is 22.8 Å². The highest BCUT2D eigenvalue weighted by Gasteiger charge is 2.40. The number of nitrogens with one attached hydrogen (secondary N) is 2. The van der Waals surface area contributed by atoms with E-state index in [1.165, 1.54) is 0 Å². The summed E-state index contributed by atoms with van der Waals surface area (Å²) in [4.78, 5) is 29.2. The number of hydrogen-bond acceptors (Lipinski definition) is 6. The molecule has 1 aromatic carbocycles. The van der Waals surface area contributed by atoms with Gasteiger partial charge >= 0.3 is 0 Å². The summed E-state index contributed by atoms with van der Waals surface area (Å²) in [5.41, 5.74) is 4.92. The van der Waals surface area contributed by atoms with Crippen LogP contribution in [-0.2, 0) is 6.54 Å². The third-order valence-corrected chi connectivity index (χ3v) is 5.78. The van der Waals surface area contributed by atoms with E-state index in [1.54, 1.807) is 4.68 Å². The fraction of sp³-hybridized carbons (Fsp3) is 0.500. The maximum Gasteiger partial charge on any atom is 0.272 e. The van der Waals surface area contributed by atoms with Crippen molar-refractivity contribution < 1.29 is 9.59 Å². The first-order chi connectivity index (χ1) is 14.3. The monoisotopic (exact) mass is 410 g/mol. The van der Waals surface area contributed by atoms with E-state index in [0.29, 0.717) is 17.8 Å². The Bertz CT molecular complexity index is 996. The van der Waals surface area contributed by atoms with Crippen LogP contribution in [0.5, 0.6) is 0 Å². The van der Waals surface area contributed by atoms with Crippen molar-refractivity contribution in [1.82, 2.24) is 15.1 Å². The van der Waals surface area contributed by atoms with Crippen LogP contribution in [-0.4, -0.2) is 47.9 Å². The molecule has 1 amide bonds. The van der Waals surface area contributed by atoms with Gasteiger partial charge in [-0.05, 0) is 44.4 Å². The first-order valence-corrected chi connectivity index (χ1v) is 10.5. The lowest BCUT2D eigenvalue weighted by atomic mass is 9.92. The molecule has 30 heavy (non-hydrogen) atoms.